The van der Waals surface area contributed by atoms with Crippen molar-refractivity contribution in [3.8, 4) is 0 Å². The number of rotatable bonds is 2. The minimum absolute atomic E-state index is 0.910. The number of thiophene rings is 1. The van der Waals surface area contributed by atoms with Crippen molar-refractivity contribution >= 4 is 11.3 Å². The van der Waals surface area contributed by atoms with Crippen molar-refractivity contribution in [3.05, 3.63) is 21.9 Å². The van der Waals surface area contributed by atoms with Crippen molar-refractivity contribution in [1.82, 2.24) is 5.32 Å². The Labute approximate surface area is 71.4 Å². The molecular formula is C9H13NS. The van der Waals surface area contributed by atoms with E-state index < -0.39 is 0 Å². The van der Waals surface area contributed by atoms with Crippen LogP contribution in [0.25, 0.3) is 0 Å². The van der Waals surface area contributed by atoms with Crippen LogP contribution in [0.4, 0.5) is 0 Å². The zero-order valence-corrected chi connectivity index (χ0v) is 7.58. The summed E-state index contributed by atoms with van der Waals surface area (Å²) in [6.07, 6.45) is 1.28. The molecule has 1 fully saturated rings. The molecule has 2 rings (SSSR count). The maximum atomic E-state index is 3.29. The average molecular weight is 167 g/mol. The van der Waals surface area contributed by atoms with Crippen molar-refractivity contribution in [3.63, 3.8) is 0 Å². The van der Waals surface area contributed by atoms with E-state index in [0.29, 0.717) is 0 Å². The van der Waals surface area contributed by atoms with E-state index >= 15 is 0 Å². The molecule has 1 aliphatic heterocycles. The molecule has 0 radical (unpaired) electrons. The number of hydrogen-bond donors (Lipinski definition) is 1. The highest BCUT2D eigenvalue weighted by atomic mass is 32.1. The molecule has 60 valence electrons. The lowest BCUT2D eigenvalue weighted by Gasteiger charge is -2.26. The monoisotopic (exact) mass is 167 g/mol. The van der Waals surface area contributed by atoms with Crippen LogP contribution >= 0.6 is 11.3 Å². The van der Waals surface area contributed by atoms with Gasteiger partial charge in [-0.3, -0.25) is 0 Å². The van der Waals surface area contributed by atoms with Gasteiger partial charge in [0, 0.05) is 4.88 Å². The van der Waals surface area contributed by atoms with E-state index in [1.54, 1.807) is 4.88 Å². The SMILES string of the molecule is Cc1csc(CC2CNC2)c1. The second-order valence-electron chi connectivity index (χ2n) is 3.32. The second kappa shape index (κ2) is 2.95. The van der Waals surface area contributed by atoms with Gasteiger partial charge in [-0.1, -0.05) is 0 Å². The molecule has 0 aliphatic carbocycles. The van der Waals surface area contributed by atoms with Crippen molar-refractivity contribution in [2.45, 2.75) is 13.3 Å². The highest BCUT2D eigenvalue weighted by Crippen LogP contribution is 2.19. The van der Waals surface area contributed by atoms with Crippen molar-refractivity contribution < 1.29 is 0 Å². The summed E-state index contributed by atoms with van der Waals surface area (Å²) in [5.41, 5.74) is 1.41. The molecule has 1 saturated heterocycles. The maximum Gasteiger partial charge on any atom is 0.00516 e. The summed E-state index contributed by atoms with van der Waals surface area (Å²) in [5, 5.41) is 5.53. The van der Waals surface area contributed by atoms with Gasteiger partial charge in [-0.2, -0.15) is 0 Å². The van der Waals surface area contributed by atoms with E-state index in [9.17, 15) is 0 Å². The normalized spacial score (nSPS) is 18.3. The summed E-state index contributed by atoms with van der Waals surface area (Å²) in [7, 11) is 0. The lowest BCUT2D eigenvalue weighted by atomic mass is 9.98. The largest absolute Gasteiger partial charge is 0.316 e. The van der Waals surface area contributed by atoms with Crippen molar-refractivity contribution in [1.29, 1.82) is 0 Å². The van der Waals surface area contributed by atoms with Crippen molar-refractivity contribution in [2.24, 2.45) is 5.92 Å². The van der Waals surface area contributed by atoms with Gasteiger partial charge in [-0.15, -0.1) is 11.3 Å². The fourth-order valence-electron chi connectivity index (χ4n) is 1.37. The zero-order chi connectivity index (χ0) is 7.68. The third-order valence-electron chi connectivity index (χ3n) is 2.14. The first-order valence-electron chi connectivity index (χ1n) is 4.09. The summed E-state index contributed by atoms with van der Waals surface area (Å²) in [4.78, 5) is 1.55. The summed E-state index contributed by atoms with van der Waals surface area (Å²) < 4.78 is 0. The summed E-state index contributed by atoms with van der Waals surface area (Å²) in [6, 6.07) is 2.31. The van der Waals surface area contributed by atoms with Crippen LogP contribution in [0.3, 0.4) is 0 Å². The Morgan fingerprint density at radius 1 is 1.64 bits per heavy atom. The zero-order valence-electron chi connectivity index (χ0n) is 6.76. The molecule has 11 heavy (non-hydrogen) atoms. The highest BCUT2D eigenvalue weighted by Gasteiger charge is 2.17. The first-order chi connectivity index (χ1) is 5.34. The Kier molecular flexibility index (Phi) is 1.96. The van der Waals surface area contributed by atoms with E-state index in [0.717, 1.165) is 5.92 Å². The maximum absolute atomic E-state index is 3.29. The van der Waals surface area contributed by atoms with E-state index in [1.807, 2.05) is 11.3 Å². The smallest absolute Gasteiger partial charge is 0.00516 e. The van der Waals surface area contributed by atoms with Crippen LogP contribution in [0, 0.1) is 12.8 Å². The molecule has 0 unspecified atom stereocenters. The number of hydrogen-bond acceptors (Lipinski definition) is 2. The average Bonchev–Trinajstić information content (AvgIpc) is 2.27. The molecule has 0 aromatic carbocycles. The Balaban J connectivity index is 1.95. The fraction of sp³-hybridized carbons (Fsp3) is 0.556. The lowest BCUT2D eigenvalue weighted by Crippen LogP contribution is -2.42. The van der Waals surface area contributed by atoms with Crippen molar-refractivity contribution in [2.75, 3.05) is 13.1 Å². The Bertz CT molecular complexity index is 237. The minimum Gasteiger partial charge on any atom is -0.316 e. The molecule has 1 aliphatic rings. The van der Waals surface area contributed by atoms with Gasteiger partial charge in [-0.25, -0.2) is 0 Å². The molecule has 0 saturated carbocycles. The van der Waals surface area contributed by atoms with Gasteiger partial charge >= 0.3 is 0 Å². The summed E-state index contributed by atoms with van der Waals surface area (Å²) in [6.45, 7) is 4.60. The highest BCUT2D eigenvalue weighted by molar-refractivity contribution is 7.10. The Morgan fingerprint density at radius 3 is 2.91 bits per heavy atom. The molecule has 0 spiro atoms. The topological polar surface area (TPSA) is 12.0 Å². The third-order valence-corrected chi connectivity index (χ3v) is 3.22. The quantitative estimate of drug-likeness (QED) is 0.708. The molecule has 1 aromatic rings. The molecule has 2 heteroatoms. The van der Waals surface area contributed by atoms with Gasteiger partial charge in [0.2, 0.25) is 0 Å². The number of nitrogens with one attached hydrogen (secondary N) is 1. The van der Waals surface area contributed by atoms with Gasteiger partial charge in [0.1, 0.15) is 0 Å². The van der Waals surface area contributed by atoms with Crippen LogP contribution in [0.2, 0.25) is 0 Å². The summed E-state index contributed by atoms with van der Waals surface area (Å²) >= 11 is 1.90. The van der Waals surface area contributed by atoms with Crippen LogP contribution in [-0.4, -0.2) is 13.1 Å². The first kappa shape index (κ1) is 7.32. The van der Waals surface area contributed by atoms with Gasteiger partial charge in [0.25, 0.3) is 0 Å². The first-order valence-corrected chi connectivity index (χ1v) is 4.97. The van der Waals surface area contributed by atoms with Crippen LogP contribution in [0.1, 0.15) is 10.4 Å². The van der Waals surface area contributed by atoms with Crippen LogP contribution in [0.15, 0.2) is 11.4 Å². The predicted molar refractivity (Wildman–Crippen MR) is 49.1 cm³/mol. The van der Waals surface area contributed by atoms with E-state index in [-0.39, 0.29) is 0 Å². The molecular weight excluding hydrogens is 154 g/mol. The molecule has 0 atom stereocenters. The molecule has 0 bridgehead atoms. The molecule has 1 aromatic heterocycles. The third kappa shape index (κ3) is 1.63. The molecule has 1 N–H and O–H groups in total. The Hall–Kier alpha value is -0.340. The molecule has 0 amide bonds. The minimum atomic E-state index is 0.910. The molecule has 1 nitrogen and oxygen atoms in total. The van der Waals surface area contributed by atoms with Crippen LogP contribution in [0.5, 0.6) is 0 Å². The second-order valence-corrected chi connectivity index (χ2v) is 4.31. The van der Waals surface area contributed by atoms with E-state index in [2.05, 4.69) is 23.7 Å². The Morgan fingerprint density at radius 2 is 2.45 bits per heavy atom. The van der Waals surface area contributed by atoms with Gasteiger partial charge in [0.05, 0.1) is 0 Å². The number of aryl methyl sites for hydroxylation is 1. The van der Waals surface area contributed by atoms with Gasteiger partial charge in [-0.05, 0) is 49.4 Å². The van der Waals surface area contributed by atoms with Gasteiger partial charge < -0.3 is 5.32 Å². The van der Waals surface area contributed by atoms with Gasteiger partial charge in [0.15, 0.2) is 0 Å². The summed E-state index contributed by atoms with van der Waals surface area (Å²) in [5.74, 6) is 0.910. The van der Waals surface area contributed by atoms with Crippen LogP contribution < -0.4 is 5.32 Å². The molecule has 2 heterocycles. The lowest BCUT2D eigenvalue weighted by molar-refractivity contribution is 0.348. The standard InChI is InChI=1S/C9H13NS/c1-7-2-9(11-6-7)3-8-4-10-5-8/h2,6,8,10H,3-5H2,1H3. The fourth-order valence-corrected chi connectivity index (χ4v) is 2.37. The predicted octanol–water partition coefficient (Wildman–Crippen LogP) is 1.82. The van der Waals surface area contributed by atoms with E-state index in [4.69, 9.17) is 0 Å². The van der Waals surface area contributed by atoms with E-state index in [1.165, 1.54) is 25.1 Å². The van der Waals surface area contributed by atoms with Crippen LogP contribution in [-0.2, 0) is 6.42 Å².